The molecule has 23 heavy (non-hydrogen) atoms. The second-order valence-electron chi connectivity index (χ2n) is 5.10. The van der Waals surface area contributed by atoms with Gasteiger partial charge in [0, 0.05) is 17.6 Å². The number of benzene rings is 1. The van der Waals surface area contributed by atoms with Gasteiger partial charge in [-0.25, -0.2) is 8.42 Å². The lowest BCUT2D eigenvalue weighted by Gasteiger charge is -2.07. The molecule has 1 aromatic carbocycles. The van der Waals surface area contributed by atoms with Crippen molar-refractivity contribution in [2.75, 3.05) is 22.6 Å². The lowest BCUT2D eigenvalue weighted by atomic mass is 10.2. The van der Waals surface area contributed by atoms with Crippen molar-refractivity contribution in [3.05, 3.63) is 47.9 Å². The van der Waals surface area contributed by atoms with Gasteiger partial charge < -0.3 is 15.1 Å². The maximum Gasteiger partial charge on any atom is 0.258 e. The Bertz CT molecular complexity index is 822. The lowest BCUT2D eigenvalue weighted by molar-refractivity contribution is -0.113. The zero-order valence-electron chi connectivity index (χ0n) is 12.6. The number of nitrogens with one attached hydrogen (secondary N) is 2. The van der Waals surface area contributed by atoms with Gasteiger partial charge in [0.25, 0.3) is 5.91 Å². The van der Waals surface area contributed by atoms with E-state index in [0.29, 0.717) is 22.7 Å². The molecule has 0 saturated heterocycles. The summed E-state index contributed by atoms with van der Waals surface area (Å²) in [6.45, 7) is 1.74. The summed E-state index contributed by atoms with van der Waals surface area (Å²) in [6, 6.07) is 7.95. The summed E-state index contributed by atoms with van der Waals surface area (Å²) in [4.78, 5) is 23.4. The molecule has 2 amide bonds. The van der Waals surface area contributed by atoms with E-state index in [-0.39, 0.29) is 5.91 Å². The maximum absolute atomic E-state index is 11.9. The monoisotopic (exact) mass is 336 g/mol. The molecule has 8 heteroatoms. The minimum Gasteiger partial charge on any atom is -0.469 e. The Hall–Kier alpha value is -2.61. The Morgan fingerprint density at radius 3 is 2.13 bits per heavy atom. The molecule has 0 bridgehead atoms. The number of hydrogen-bond acceptors (Lipinski definition) is 5. The van der Waals surface area contributed by atoms with E-state index in [9.17, 15) is 18.0 Å². The van der Waals surface area contributed by atoms with Gasteiger partial charge in [0.2, 0.25) is 5.91 Å². The number of aryl methyl sites for hydroxylation is 1. The number of furan rings is 1. The zero-order chi connectivity index (χ0) is 17.0. The van der Waals surface area contributed by atoms with Gasteiger partial charge in [-0.1, -0.05) is 0 Å². The average molecular weight is 336 g/mol. The molecule has 2 N–H and O–H groups in total. The molecule has 122 valence electrons. The van der Waals surface area contributed by atoms with Gasteiger partial charge in [0.1, 0.15) is 17.8 Å². The summed E-state index contributed by atoms with van der Waals surface area (Å²) in [6.07, 6.45) is 2.35. The average Bonchev–Trinajstić information content (AvgIpc) is 2.85. The predicted molar refractivity (Wildman–Crippen MR) is 86.2 cm³/mol. The minimum atomic E-state index is -3.37. The van der Waals surface area contributed by atoms with Crippen LogP contribution in [0.2, 0.25) is 0 Å². The molecule has 0 unspecified atom stereocenters. The highest BCUT2D eigenvalue weighted by atomic mass is 32.2. The first-order chi connectivity index (χ1) is 10.7. The molecule has 0 aliphatic rings. The summed E-state index contributed by atoms with van der Waals surface area (Å²) in [7, 11) is -3.37. The largest absolute Gasteiger partial charge is 0.469 e. The van der Waals surface area contributed by atoms with E-state index in [0.717, 1.165) is 6.26 Å². The summed E-state index contributed by atoms with van der Waals surface area (Å²) in [5.41, 5.74) is 1.39. The van der Waals surface area contributed by atoms with Gasteiger partial charge in [-0.3, -0.25) is 9.59 Å². The Morgan fingerprint density at radius 2 is 1.65 bits per heavy atom. The molecule has 1 aromatic heterocycles. The normalized spacial score (nSPS) is 11.0. The van der Waals surface area contributed by atoms with E-state index >= 15 is 0 Å². The summed E-state index contributed by atoms with van der Waals surface area (Å²) >= 11 is 0. The van der Waals surface area contributed by atoms with E-state index in [2.05, 4.69) is 10.6 Å². The number of anilines is 2. The van der Waals surface area contributed by atoms with Crippen LogP contribution in [0.4, 0.5) is 11.4 Å². The van der Waals surface area contributed by atoms with Crippen molar-refractivity contribution in [2.24, 2.45) is 0 Å². The van der Waals surface area contributed by atoms with E-state index in [1.165, 1.54) is 6.26 Å². The second kappa shape index (κ2) is 6.66. The van der Waals surface area contributed by atoms with Crippen molar-refractivity contribution >= 4 is 33.0 Å². The summed E-state index contributed by atoms with van der Waals surface area (Å²) in [5, 5.41) is 5.15. The quantitative estimate of drug-likeness (QED) is 0.866. The van der Waals surface area contributed by atoms with Crippen LogP contribution < -0.4 is 10.6 Å². The first kappa shape index (κ1) is 16.8. The molecule has 0 fully saturated rings. The molecule has 7 nitrogen and oxygen atoms in total. The van der Waals surface area contributed by atoms with E-state index in [1.807, 2.05) is 0 Å². The van der Waals surface area contributed by atoms with Gasteiger partial charge in [0.05, 0.1) is 5.56 Å². The Balaban J connectivity index is 1.97. The molecule has 0 radical (unpaired) electrons. The van der Waals surface area contributed by atoms with Crippen molar-refractivity contribution < 1.29 is 22.4 Å². The van der Waals surface area contributed by atoms with Gasteiger partial charge in [0.15, 0.2) is 9.84 Å². The van der Waals surface area contributed by atoms with Crippen LogP contribution in [0, 0.1) is 6.92 Å². The number of carbonyl (C=O) groups is 2. The maximum atomic E-state index is 11.9. The molecule has 0 spiro atoms. The molecular formula is C15H16N2O5S. The third kappa shape index (κ3) is 5.26. The van der Waals surface area contributed by atoms with Crippen molar-refractivity contribution in [1.29, 1.82) is 0 Å². The van der Waals surface area contributed by atoms with Gasteiger partial charge >= 0.3 is 0 Å². The highest BCUT2D eigenvalue weighted by Gasteiger charge is 2.11. The highest BCUT2D eigenvalue weighted by Crippen LogP contribution is 2.15. The number of sulfone groups is 1. The first-order valence-corrected chi connectivity index (χ1v) is 8.73. The van der Waals surface area contributed by atoms with Crippen LogP contribution in [0.3, 0.4) is 0 Å². The second-order valence-corrected chi connectivity index (χ2v) is 7.24. The fraction of sp³-hybridized carbons (Fsp3) is 0.200. The van der Waals surface area contributed by atoms with Crippen LogP contribution in [0.25, 0.3) is 0 Å². The van der Waals surface area contributed by atoms with Crippen LogP contribution in [-0.4, -0.2) is 32.2 Å². The third-order valence-electron chi connectivity index (χ3n) is 2.81. The van der Waals surface area contributed by atoms with Crippen molar-refractivity contribution in [3.8, 4) is 0 Å². The Labute approximate surface area is 133 Å². The van der Waals surface area contributed by atoms with Crippen molar-refractivity contribution in [1.82, 2.24) is 0 Å². The van der Waals surface area contributed by atoms with E-state index < -0.39 is 21.5 Å². The zero-order valence-corrected chi connectivity index (χ0v) is 13.4. The number of carbonyl (C=O) groups excluding carboxylic acids is 2. The fourth-order valence-corrected chi connectivity index (χ4v) is 2.39. The van der Waals surface area contributed by atoms with Crippen LogP contribution in [0.5, 0.6) is 0 Å². The number of rotatable bonds is 5. The van der Waals surface area contributed by atoms with Gasteiger partial charge in [-0.2, -0.15) is 0 Å². The number of hydrogen-bond donors (Lipinski definition) is 2. The van der Waals surface area contributed by atoms with E-state index in [1.54, 1.807) is 37.3 Å². The predicted octanol–water partition coefficient (Wildman–Crippen LogP) is 1.82. The molecule has 1 heterocycles. The summed E-state index contributed by atoms with van der Waals surface area (Å²) < 4.78 is 27.1. The highest BCUT2D eigenvalue weighted by molar-refractivity contribution is 7.91. The fourth-order valence-electron chi connectivity index (χ4n) is 1.84. The standard InChI is InChI=1S/C15H16N2O5S/c1-10-7-11(8-22-10)15(19)17-13-5-3-12(4-6-13)16-14(18)9-23(2,20)21/h3-8H,9H2,1-2H3,(H,16,18)(H,17,19). The molecule has 0 aliphatic carbocycles. The lowest BCUT2D eigenvalue weighted by Crippen LogP contribution is -2.21. The van der Waals surface area contributed by atoms with E-state index in [4.69, 9.17) is 4.42 Å². The SMILES string of the molecule is Cc1cc(C(=O)Nc2ccc(NC(=O)CS(C)(=O)=O)cc2)co1. The van der Waals surface area contributed by atoms with Gasteiger partial charge in [-0.05, 0) is 37.3 Å². The molecular weight excluding hydrogens is 320 g/mol. The molecule has 2 rings (SSSR count). The van der Waals surface area contributed by atoms with Crippen LogP contribution in [0.1, 0.15) is 16.1 Å². The molecule has 2 aromatic rings. The van der Waals surface area contributed by atoms with Crippen LogP contribution in [-0.2, 0) is 14.6 Å². The van der Waals surface area contributed by atoms with Crippen molar-refractivity contribution in [2.45, 2.75) is 6.92 Å². The van der Waals surface area contributed by atoms with Crippen LogP contribution in [0.15, 0.2) is 41.0 Å². The minimum absolute atomic E-state index is 0.310. The topological polar surface area (TPSA) is 105 Å². The van der Waals surface area contributed by atoms with Crippen molar-refractivity contribution in [3.63, 3.8) is 0 Å². The molecule has 0 saturated carbocycles. The molecule has 0 aliphatic heterocycles. The Kier molecular flexibility index (Phi) is 4.85. The summed E-state index contributed by atoms with van der Waals surface area (Å²) in [5.74, 6) is -0.862. The van der Waals surface area contributed by atoms with Crippen LogP contribution >= 0.6 is 0 Å². The van der Waals surface area contributed by atoms with Gasteiger partial charge in [-0.15, -0.1) is 0 Å². The first-order valence-electron chi connectivity index (χ1n) is 6.67. The Morgan fingerprint density at radius 1 is 1.09 bits per heavy atom. The third-order valence-corrected chi connectivity index (χ3v) is 3.60. The molecule has 0 atom stereocenters. The number of amides is 2. The smallest absolute Gasteiger partial charge is 0.258 e.